The van der Waals surface area contributed by atoms with Crippen LogP contribution in [0.1, 0.15) is 48.0 Å². The number of hydrogen-bond acceptors (Lipinski definition) is 4. The molecule has 1 unspecified atom stereocenters. The van der Waals surface area contributed by atoms with Crippen molar-refractivity contribution in [2.45, 2.75) is 58.0 Å². The number of Topliss-reactive ketones (excluding diaryl/α,β-unsaturated/α-hetero) is 1. The van der Waals surface area contributed by atoms with Gasteiger partial charge in [-0.15, -0.1) is 0 Å². The topological polar surface area (TPSA) is 71.4 Å². The van der Waals surface area contributed by atoms with E-state index in [2.05, 4.69) is 0 Å². The molecule has 0 bridgehead atoms. The van der Waals surface area contributed by atoms with Gasteiger partial charge in [0.2, 0.25) is 0 Å². The van der Waals surface area contributed by atoms with Crippen LogP contribution in [0.3, 0.4) is 0 Å². The smallest absolute Gasteiger partial charge is 0.275 e. The predicted octanol–water partition coefficient (Wildman–Crippen LogP) is 2.78. The zero-order valence-electron chi connectivity index (χ0n) is 12.0. The highest BCUT2D eigenvalue weighted by Gasteiger charge is 2.37. The largest absolute Gasteiger partial charge is 0.298 e. The summed E-state index contributed by atoms with van der Waals surface area (Å²) in [6.45, 7) is 11.0. The van der Waals surface area contributed by atoms with E-state index in [4.69, 9.17) is 0 Å². The van der Waals surface area contributed by atoms with Gasteiger partial charge in [-0.2, -0.15) is 20.2 Å². The Morgan fingerprint density at radius 2 is 1.61 bits per heavy atom. The lowest BCUT2D eigenvalue weighted by molar-refractivity contribution is -0.126. The number of ketones is 1. The minimum Gasteiger partial charge on any atom is -0.298 e. The Balaban J connectivity index is 4.81. The zero-order chi connectivity index (χ0) is 14.8. The van der Waals surface area contributed by atoms with Crippen LogP contribution in [0.15, 0.2) is 0 Å². The highest BCUT2D eigenvalue weighted by molar-refractivity contribution is 8.00. The van der Waals surface area contributed by atoms with Crippen LogP contribution in [-0.4, -0.2) is 34.5 Å². The molecule has 1 N–H and O–H groups in total. The van der Waals surface area contributed by atoms with Crippen molar-refractivity contribution in [3.05, 3.63) is 0 Å². The molecule has 6 heteroatoms. The molecule has 0 aromatic carbocycles. The third-order valence-electron chi connectivity index (χ3n) is 2.31. The van der Waals surface area contributed by atoms with Gasteiger partial charge in [0.15, 0.2) is 5.78 Å². The van der Waals surface area contributed by atoms with Crippen LogP contribution >= 0.6 is 11.8 Å². The lowest BCUT2D eigenvalue weighted by Crippen LogP contribution is -2.38. The Morgan fingerprint density at radius 1 is 1.17 bits per heavy atom. The number of carbonyl (C=O) groups is 1. The van der Waals surface area contributed by atoms with Gasteiger partial charge in [0.05, 0.1) is 0 Å². The average molecular weight is 296 g/mol. The highest BCUT2D eigenvalue weighted by Crippen LogP contribution is 2.27. The van der Waals surface area contributed by atoms with Crippen LogP contribution < -0.4 is 0 Å². The second kappa shape index (κ2) is 5.92. The van der Waals surface area contributed by atoms with Crippen molar-refractivity contribution in [3.8, 4) is 0 Å². The summed E-state index contributed by atoms with van der Waals surface area (Å²) < 4.78 is 31.8. The van der Waals surface area contributed by atoms with Crippen molar-refractivity contribution >= 4 is 27.7 Å². The molecule has 0 rings (SSSR count). The van der Waals surface area contributed by atoms with E-state index in [0.717, 1.165) is 0 Å². The van der Waals surface area contributed by atoms with Crippen LogP contribution in [0.25, 0.3) is 0 Å². The van der Waals surface area contributed by atoms with E-state index in [1.807, 2.05) is 20.8 Å². The molecule has 18 heavy (non-hydrogen) atoms. The molecule has 108 valence electrons. The second-order valence-electron chi connectivity index (χ2n) is 6.37. The summed E-state index contributed by atoms with van der Waals surface area (Å²) in [7, 11) is -4.33. The summed E-state index contributed by atoms with van der Waals surface area (Å²) in [6, 6.07) is 0. The van der Waals surface area contributed by atoms with Crippen LogP contribution in [0.2, 0.25) is 0 Å². The standard InChI is InChI=1S/C12H24O4S2/c1-11(2,3)10(13)9(18(14,15)16)7-8-17-12(4,5)6/h9H,7-8H2,1-6H3,(H,14,15,16). The van der Waals surface area contributed by atoms with Gasteiger partial charge in [0.25, 0.3) is 10.1 Å². The van der Waals surface area contributed by atoms with Crippen molar-refractivity contribution in [1.82, 2.24) is 0 Å². The van der Waals surface area contributed by atoms with E-state index in [-0.39, 0.29) is 11.2 Å². The van der Waals surface area contributed by atoms with Gasteiger partial charge in [-0.05, 0) is 12.2 Å². The quantitative estimate of drug-likeness (QED) is 0.790. The SMILES string of the molecule is CC(C)(C)SCCC(C(=O)C(C)(C)C)S(=O)(=O)O. The minimum absolute atomic E-state index is 0.00848. The van der Waals surface area contributed by atoms with Crippen molar-refractivity contribution in [3.63, 3.8) is 0 Å². The monoisotopic (exact) mass is 296 g/mol. The van der Waals surface area contributed by atoms with E-state index in [1.54, 1.807) is 32.5 Å². The molecule has 0 aromatic heterocycles. The van der Waals surface area contributed by atoms with Crippen molar-refractivity contribution in [1.29, 1.82) is 0 Å². The molecule has 0 fully saturated rings. The van der Waals surface area contributed by atoms with Gasteiger partial charge in [-0.3, -0.25) is 9.35 Å². The van der Waals surface area contributed by atoms with Gasteiger partial charge in [0, 0.05) is 10.2 Å². The molecule has 0 radical (unpaired) electrons. The van der Waals surface area contributed by atoms with Crippen LogP contribution in [0.4, 0.5) is 0 Å². The third-order valence-corrected chi connectivity index (χ3v) is 4.78. The first-order valence-electron chi connectivity index (χ1n) is 5.90. The third kappa shape index (κ3) is 6.75. The molecule has 0 spiro atoms. The molecule has 0 saturated carbocycles. The Morgan fingerprint density at radius 3 is 1.89 bits per heavy atom. The minimum atomic E-state index is -4.33. The van der Waals surface area contributed by atoms with E-state index in [0.29, 0.717) is 5.75 Å². The van der Waals surface area contributed by atoms with E-state index >= 15 is 0 Å². The van der Waals surface area contributed by atoms with Gasteiger partial charge in [-0.1, -0.05) is 41.5 Å². The van der Waals surface area contributed by atoms with Crippen molar-refractivity contribution in [2.24, 2.45) is 5.41 Å². The molecule has 0 aliphatic rings. The number of thioether (sulfide) groups is 1. The van der Waals surface area contributed by atoms with E-state index in [1.165, 1.54) is 0 Å². The molecule has 0 aliphatic heterocycles. The zero-order valence-corrected chi connectivity index (χ0v) is 13.6. The molecule has 0 aromatic rings. The molecular weight excluding hydrogens is 272 g/mol. The van der Waals surface area contributed by atoms with Crippen LogP contribution in [0.5, 0.6) is 0 Å². The summed E-state index contributed by atoms with van der Waals surface area (Å²) in [4.78, 5) is 12.0. The molecule has 4 nitrogen and oxygen atoms in total. The Labute approximate surface area is 115 Å². The lowest BCUT2D eigenvalue weighted by atomic mass is 9.88. The summed E-state index contributed by atoms with van der Waals surface area (Å²) in [5, 5.41) is -1.31. The maximum Gasteiger partial charge on any atom is 0.275 e. The number of hydrogen-bond donors (Lipinski definition) is 1. The molecule has 0 amide bonds. The summed E-state index contributed by atoms with van der Waals surface area (Å²) in [5.74, 6) is 0.0926. The first-order valence-corrected chi connectivity index (χ1v) is 8.38. The number of carbonyl (C=O) groups excluding carboxylic acids is 1. The summed E-state index contributed by atoms with van der Waals surface area (Å²) >= 11 is 1.58. The van der Waals surface area contributed by atoms with E-state index in [9.17, 15) is 17.8 Å². The molecule has 1 atom stereocenters. The van der Waals surface area contributed by atoms with Gasteiger partial charge in [-0.25, -0.2) is 0 Å². The average Bonchev–Trinajstić information content (AvgIpc) is 2.05. The Kier molecular flexibility index (Phi) is 5.90. The van der Waals surface area contributed by atoms with Crippen molar-refractivity contribution < 1.29 is 17.8 Å². The fraction of sp³-hybridized carbons (Fsp3) is 0.917. The lowest BCUT2D eigenvalue weighted by Gasteiger charge is -2.24. The normalized spacial score (nSPS) is 15.5. The Hall–Kier alpha value is -0.0700. The fourth-order valence-electron chi connectivity index (χ4n) is 1.37. The highest BCUT2D eigenvalue weighted by atomic mass is 32.2. The second-order valence-corrected chi connectivity index (χ2v) is 9.89. The first kappa shape index (κ1) is 17.9. The molecule has 0 saturated heterocycles. The fourth-order valence-corrected chi connectivity index (χ4v) is 3.53. The predicted molar refractivity (Wildman–Crippen MR) is 76.6 cm³/mol. The molecule has 0 heterocycles. The summed E-state index contributed by atoms with van der Waals surface area (Å²) in [5.41, 5.74) is -0.771. The molecule has 0 aliphatic carbocycles. The van der Waals surface area contributed by atoms with E-state index < -0.39 is 26.6 Å². The van der Waals surface area contributed by atoms with Gasteiger partial charge in [0.1, 0.15) is 5.25 Å². The van der Waals surface area contributed by atoms with Crippen LogP contribution in [-0.2, 0) is 14.9 Å². The summed E-state index contributed by atoms with van der Waals surface area (Å²) in [6.07, 6.45) is 0.150. The number of rotatable bonds is 5. The maximum atomic E-state index is 12.0. The first-order chi connectivity index (χ1) is 7.75. The van der Waals surface area contributed by atoms with Gasteiger partial charge >= 0.3 is 0 Å². The Bertz CT molecular complexity index is 385. The van der Waals surface area contributed by atoms with Gasteiger partial charge < -0.3 is 0 Å². The molecular formula is C12H24O4S2. The maximum absolute atomic E-state index is 12.0. The van der Waals surface area contributed by atoms with Crippen LogP contribution in [0, 0.1) is 5.41 Å². The van der Waals surface area contributed by atoms with Crippen molar-refractivity contribution in [2.75, 3.05) is 5.75 Å².